The van der Waals surface area contributed by atoms with Crippen LogP contribution in [0.5, 0.6) is 0 Å². The molecule has 0 N–H and O–H groups in total. The molecule has 172 valence electrons. The number of allylic oxidation sites excluding steroid dienone is 6. The number of carbonyl (C=O) groups is 1. The van der Waals surface area contributed by atoms with Crippen molar-refractivity contribution in [3.05, 3.63) is 66.5 Å². The van der Waals surface area contributed by atoms with Gasteiger partial charge in [0.05, 0.1) is 12.7 Å². The normalized spacial score (nSPS) is 12.8. The molecule has 1 unspecified atom stereocenters. The van der Waals surface area contributed by atoms with Crippen LogP contribution in [0.15, 0.2) is 61.0 Å². The van der Waals surface area contributed by atoms with Gasteiger partial charge < -0.3 is 9.47 Å². The van der Waals surface area contributed by atoms with E-state index in [1.807, 2.05) is 19.1 Å². The number of rotatable bonds is 18. The van der Waals surface area contributed by atoms with E-state index in [2.05, 4.69) is 48.4 Å². The van der Waals surface area contributed by atoms with Gasteiger partial charge in [-0.15, -0.1) is 0 Å². The highest BCUT2D eigenvalue weighted by molar-refractivity contribution is 5.69. The van der Waals surface area contributed by atoms with Gasteiger partial charge in [0.2, 0.25) is 0 Å². The van der Waals surface area contributed by atoms with E-state index >= 15 is 0 Å². The molecular weight excluding hydrogens is 386 g/mol. The number of hydrogen-bond acceptors (Lipinski definition) is 4. The van der Waals surface area contributed by atoms with Crippen LogP contribution in [0.3, 0.4) is 0 Å². The number of nitrogens with zero attached hydrogens (tertiary/aromatic N) is 1. The Morgan fingerprint density at radius 1 is 1.00 bits per heavy atom. The maximum Gasteiger partial charge on any atom is 0.305 e. The van der Waals surface area contributed by atoms with Crippen molar-refractivity contribution in [2.75, 3.05) is 6.61 Å². The lowest BCUT2D eigenvalue weighted by Crippen LogP contribution is -2.19. The van der Waals surface area contributed by atoms with Crippen LogP contribution < -0.4 is 0 Å². The molecule has 0 spiro atoms. The monoisotopic (exact) mass is 427 g/mol. The third-order valence-corrected chi connectivity index (χ3v) is 4.76. The molecule has 0 aromatic carbocycles. The number of pyridine rings is 1. The standard InChI is InChI=1S/C27H41NO3/c1-3-4-5-6-7-8-9-10-11-12-13-14-15-16-17-20-27(29)31-23-25(2)30-24-26-19-18-21-28-22-26/h7-8,10-11,13-14,18-19,21-22,25H,3-6,9,12,15-17,20,23-24H2,1-2H3/b8-7-,11-10-,14-13-. The van der Waals surface area contributed by atoms with Crippen molar-refractivity contribution in [3.8, 4) is 0 Å². The molecule has 0 bridgehead atoms. The van der Waals surface area contributed by atoms with Gasteiger partial charge in [0.25, 0.3) is 0 Å². The molecule has 1 heterocycles. The van der Waals surface area contributed by atoms with E-state index in [0.717, 1.165) is 37.7 Å². The molecule has 0 fully saturated rings. The Balaban J connectivity index is 1.93. The third-order valence-electron chi connectivity index (χ3n) is 4.76. The fraction of sp³-hybridized carbons (Fsp3) is 0.556. The first-order valence-electron chi connectivity index (χ1n) is 11.8. The van der Waals surface area contributed by atoms with Gasteiger partial charge in [0.15, 0.2) is 0 Å². The molecule has 0 saturated heterocycles. The smallest absolute Gasteiger partial charge is 0.305 e. The lowest BCUT2D eigenvalue weighted by atomic mass is 10.1. The number of esters is 1. The van der Waals surface area contributed by atoms with E-state index in [9.17, 15) is 4.79 Å². The maximum atomic E-state index is 11.8. The van der Waals surface area contributed by atoms with E-state index in [1.165, 1.54) is 25.7 Å². The molecule has 0 aliphatic rings. The highest BCUT2D eigenvalue weighted by Crippen LogP contribution is 2.06. The summed E-state index contributed by atoms with van der Waals surface area (Å²) in [6.45, 7) is 4.91. The van der Waals surface area contributed by atoms with Crippen LogP contribution in [0, 0.1) is 0 Å². The molecule has 31 heavy (non-hydrogen) atoms. The third kappa shape index (κ3) is 17.2. The molecule has 1 aromatic rings. The molecule has 4 heteroatoms. The summed E-state index contributed by atoms with van der Waals surface area (Å²) < 4.78 is 11.0. The summed E-state index contributed by atoms with van der Waals surface area (Å²) in [6, 6.07) is 3.84. The second-order valence-electron chi connectivity index (χ2n) is 7.79. The Labute approximate surface area is 189 Å². The SMILES string of the molecule is CCCCC/C=C\C/C=C\C/C=C\CCCCC(=O)OCC(C)OCc1cccnc1. The first-order chi connectivity index (χ1) is 15.2. The van der Waals surface area contributed by atoms with Gasteiger partial charge >= 0.3 is 5.97 Å². The van der Waals surface area contributed by atoms with Gasteiger partial charge in [-0.1, -0.05) is 62.3 Å². The number of carbonyl (C=O) groups excluding carboxylic acids is 1. The van der Waals surface area contributed by atoms with Crippen molar-refractivity contribution < 1.29 is 14.3 Å². The first-order valence-corrected chi connectivity index (χ1v) is 11.8. The molecule has 1 aromatic heterocycles. The largest absolute Gasteiger partial charge is 0.463 e. The number of unbranched alkanes of at least 4 members (excludes halogenated alkanes) is 5. The zero-order chi connectivity index (χ0) is 22.4. The fourth-order valence-corrected chi connectivity index (χ4v) is 2.87. The van der Waals surface area contributed by atoms with Crippen LogP contribution in [-0.2, 0) is 20.9 Å². The van der Waals surface area contributed by atoms with Crippen molar-refractivity contribution in [1.29, 1.82) is 0 Å². The Hall–Kier alpha value is -2.20. The summed E-state index contributed by atoms with van der Waals surface area (Å²) in [5.74, 6) is -0.147. The zero-order valence-corrected chi connectivity index (χ0v) is 19.5. The molecule has 4 nitrogen and oxygen atoms in total. The van der Waals surface area contributed by atoms with Gasteiger partial charge in [-0.2, -0.15) is 0 Å². The second kappa shape index (κ2) is 19.7. The predicted molar refractivity (Wildman–Crippen MR) is 129 cm³/mol. The summed E-state index contributed by atoms with van der Waals surface area (Å²) >= 11 is 0. The number of ether oxygens (including phenoxy) is 2. The zero-order valence-electron chi connectivity index (χ0n) is 19.5. The quantitative estimate of drug-likeness (QED) is 0.142. The minimum absolute atomic E-state index is 0.128. The highest BCUT2D eigenvalue weighted by atomic mass is 16.6. The van der Waals surface area contributed by atoms with Crippen LogP contribution in [0.1, 0.15) is 83.6 Å². The van der Waals surface area contributed by atoms with Crippen molar-refractivity contribution in [2.45, 2.75) is 90.8 Å². The summed E-state index contributed by atoms with van der Waals surface area (Å²) in [7, 11) is 0. The predicted octanol–water partition coefficient (Wildman–Crippen LogP) is 7.12. The molecular formula is C27H41NO3. The van der Waals surface area contributed by atoms with Crippen LogP contribution in [0.2, 0.25) is 0 Å². The molecule has 0 aliphatic heterocycles. The lowest BCUT2D eigenvalue weighted by molar-refractivity contribution is -0.147. The van der Waals surface area contributed by atoms with Crippen LogP contribution in [0.25, 0.3) is 0 Å². The van der Waals surface area contributed by atoms with Crippen molar-refractivity contribution in [1.82, 2.24) is 4.98 Å². The van der Waals surface area contributed by atoms with Crippen molar-refractivity contribution in [2.24, 2.45) is 0 Å². The molecule has 0 saturated carbocycles. The highest BCUT2D eigenvalue weighted by Gasteiger charge is 2.08. The van der Waals surface area contributed by atoms with E-state index < -0.39 is 0 Å². The first kappa shape index (κ1) is 26.8. The van der Waals surface area contributed by atoms with Gasteiger partial charge in [-0.3, -0.25) is 9.78 Å². The van der Waals surface area contributed by atoms with E-state index in [-0.39, 0.29) is 12.1 Å². The van der Waals surface area contributed by atoms with E-state index in [1.54, 1.807) is 12.4 Å². The fourth-order valence-electron chi connectivity index (χ4n) is 2.87. The molecule has 0 amide bonds. The van der Waals surface area contributed by atoms with Gasteiger partial charge in [-0.25, -0.2) is 0 Å². The van der Waals surface area contributed by atoms with Crippen LogP contribution in [-0.4, -0.2) is 23.7 Å². The summed E-state index contributed by atoms with van der Waals surface area (Å²) in [4.78, 5) is 15.9. The second-order valence-corrected chi connectivity index (χ2v) is 7.79. The van der Waals surface area contributed by atoms with Crippen molar-refractivity contribution >= 4 is 5.97 Å². The summed E-state index contributed by atoms with van der Waals surface area (Å²) in [5.41, 5.74) is 1.01. The topological polar surface area (TPSA) is 48.4 Å². The Kier molecular flexibility index (Phi) is 17.1. The molecule has 0 radical (unpaired) electrons. The maximum absolute atomic E-state index is 11.8. The number of hydrogen-bond donors (Lipinski definition) is 0. The Morgan fingerprint density at radius 3 is 2.32 bits per heavy atom. The molecule has 1 atom stereocenters. The molecule has 1 rings (SSSR count). The van der Waals surface area contributed by atoms with Gasteiger partial charge in [0.1, 0.15) is 6.61 Å². The summed E-state index contributed by atoms with van der Waals surface area (Å²) in [5, 5.41) is 0. The van der Waals surface area contributed by atoms with E-state index in [4.69, 9.17) is 9.47 Å². The average molecular weight is 428 g/mol. The van der Waals surface area contributed by atoms with Gasteiger partial charge in [-0.05, 0) is 63.5 Å². The number of aromatic nitrogens is 1. The Morgan fingerprint density at radius 2 is 1.68 bits per heavy atom. The summed E-state index contributed by atoms with van der Waals surface area (Å²) in [6.07, 6.45) is 27.2. The lowest BCUT2D eigenvalue weighted by Gasteiger charge is -2.13. The molecule has 0 aliphatic carbocycles. The Bertz CT molecular complexity index is 637. The van der Waals surface area contributed by atoms with Gasteiger partial charge in [0, 0.05) is 18.8 Å². The van der Waals surface area contributed by atoms with Crippen molar-refractivity contribution in [3.63, 3.8) is 0 Å². The van der Waals surface area contributed by atoms with Crippen LogP contribution in [0.4, 0.5) is 0 Å². The minimum atomic E-state index is -0.147. The minimum Gasteiger partial charge on any atom is -0.463 e. The van der Waals surface area contributed by atoms with E-state index in [0.29, 0.717) is 19.6 Å². The average Bonchev–Trinajstić information content (AvgIpc) is 2.79. The van der Waals surface area contributed by atoms with Crippen LogP contribution >= 0.6 is 0 Å².